The maximum absolute atomic E-state index is 13.5. The molecule has 0 bridgehead atoms. The minimum Gasteiger partial charge on any atom is -0.458 e. The lowest BCUT2D eigenvalue weighted by molar-refractivity contribution is -0.402. The number of halogens is 1. The fraction of sp³-hybridized carbons (Fsp3) is 0.350. The lowest BCUT2D eigenvalue weighted by atomic mass is 10.2. The van der Waals surface area contributed by atoms with Crippen LogP contribution in [0.1, 0.15) is 29.0 Å². The lowest BCUT2D eigenvalue weighted by Gasteiger charge is -2.26. The van der Waals surface area contributed by atoms with Crippen LogP contribution in [-0.2, 0) is 20.4 Å². The van der Waals surface area contributed by atoms with E-state index in [1.807, 2.05) is 0 Å². The van der Waals surface area contributed by atoms with Gasteiger partial charge in [-0.3, -0.25) is 14.6 Å². The fourth-order valence-corrected chi connectivity index (χ4v) is 4.09. The normalized spacial score (nSPS) is 12.8. The van der Waals surface area contributed by atoms with Gasteiger partial charge in [0.15, 0.2) is 0 Å². The van der Waals surface area contributed by atoms with Crippen LogP contribution in [0.4, 0.5) is 5.88 Å². The van der Waals surface area contributed by atoms with Crippen molar-refractivity contribution in [2.24, 2.45) is 0 Å². The molecule has 0 aliphatic heterocycles. The zero-order chi connectivity index (χ0) is 23.6. The number of ether oxygens (including phenoxy) is 1. The minimum absolute atomic E-state index is 0.0815. The lowest BCUT2D eigenvalue weighted by Crippen LogP contribution is -2.21. The first kappa shape index (κ1) is 25.6. The summed E-state index contributed by atoms with van der Waals surface area (Å²) in [6.45, 7) is 3.62. The number of furan rings is 1. The molecule has 2 aromatic rings. The molecule has 32 heavy (non-hydrogen) atoms. The zero-order valence-electron chi connectivity index (χ0n) is 17.5. The summed E-state index contributed by atoms with van der Waals surface area (Å²) < 4.78 is 36.2. The van der Waals surface area contributed by atoms with Gasteiger partial charge in [-0.05, 0) is 50.2 Å². The Morgan fingerprint density at radius 2 is 2.00 bits per heavy atom. The molecule has 2 rings (SSSR count). The van der Waals surface area contributed by atoms with E-state index in [0.717, 1.165) is 0 Å². The molecule has 0 aliphatic carbocycles. The topological polar surface area (TPSA) is 121 Å². The summed E-state index contributed by atoms with van der Waals surface area (Å²) in [5.41, 5.74) is 0.285. The zero-order valence-corrected chi connectivity index (χ0v) is 19.1. The van der Waals surface area contributed by atoms with Gasteiger partial charge in [0.25, 0.3) is 0 Å². The molecule has 0 aliphatic rings. The maximum Gasteiger partial charge on any atom is 0.461 e. The van der Waals surface area contributed by atoms with E-state index in [-0.39, 0.29) is 30.3 Å². The van der Waals surface area contributed by atoms with Crippen molar-refractivity contribution in [3.63, 3.8) is 0 Å². The van der Waals surface area contributed by atoms with Gasteiger partial charge >= 0.3 is 19.6 Å². The Morgan fingerprint density at radius 3 is 2.59 bits per heavy atom. The van der Waals surface area contributed by atoms with Crippen LogP contribution >= 0.6 is 19.3 Å². The summed E-state index contributed by atoms with van der Waals surface area (Å²) in [5.74, 6) is -0.209. The Balaban J connectivity index is 2.14. The molecule has 0 saturated heterocycles. The number of carbonyl (C=O) groups excluding carboxylic acids is 1. The molecule has 1 aromatic carbocycles. The van der Waals surface area contributed by atoms with Crippen LogP contribution in [-0.4, -0.2) is 41.6 Å². The smallest absolute Gasteiger partial charge is 0.458 e. The van der Waals surface area contributed by atoms with Crippen molar-refractivity contribution in [3.05, 3.63) is 70.5 Å². The van der Waals surface area contributed by atoms with Gasteiger partial charge in [0.05, 0.1) is 11.6 Å². The summed E-state index contributed by atoms with van der Waals surface area (Å²) >= 11 is 5.71. The molecule has 0 radical (unpaired) electrons. The van der Waals surface area contributed by atoms with Crippen molar-refractivity contribution in [2.45, 2.75) is 19.4 Å². The van der Waals surface area contributed by atoms with E-state index >= 15 is 0 Å². The highest BCUT2D eigenvalue weighted by Crippen LogP contribution is 2.51. The monoisotopic (exact) mass is 486 g/mol. The van der Waals surface area contributed by atoms with Crippen LogP contribution in [0.5, 0.6) is 5.75 Å². The molecule has 10 nitrogen and oxygen atoms in total. The quantitative estimate of drug-likeness (QED) is 0.0675. The van der Waals surface area contributed by atoms with Crippen molar-refractivity contribution in [2.75, 3.05) is 26.1 Å². The van der Waals surface area contributed by atoms with Gasteiger partial charge in [-0.15, -0.1) is 11.6 Å². The number of benzene rings is 1. The van der Waals surface area contributed by atoms with Gasteiger partial charge < -0.3 is 13.7 Å². The van der Waals surface area contributed by atoms with Crippen LogP contribution in [0.3, 0.4) is 0 Å². The van der Waals surface area contributed by atoms with Gasteiger partial charge in [-0.25, -0.2) is 14.0 Å². The van der Waals surface area contributed by atoms with Crippen LogP contribution in [0.2, 0.25) is 0 Å². The van der Waals surface area contributed by atoms with Crippen molar-refractivity contribution in [1.29, 1.82) is 0 Å². The number of esters is 1. The second-order valence-electron chi connectivity index (χ2n) is 6.52. The van der Waals surface area contributed by atoms with E-state index < -0.39 is 24.5 Å². The van der Waals surface area contributed by atoms with E-state index in [1.54, 1.807) is 7.05 Å². The van der Waals surface area contributed by atoms with Crippen LogP contribution in [0.25, 0.3) is 0 Å². The highest BCUT2D eigenvalue weighted by molar-refractivity contribution is 7.51. The maximum atomic E-state index is 13.5. The van der Waals surface area contributed by atoms with E-state index in [4.69, 9.17) is 29.8 Å². The van der Waals surface area contributed by atoms with Crippen LogP contribution in [0, 0.1) is 10.1 Å². The first-order valence-corrected chi connectivity index (χ1v) is 11.6. The summed E-state index contributed by atoms with van der Waals surface area (Å²) in [4.78, 5) is 22.0. The standard InChI is InChI=1S/C20H24ClN2O8P/c1-3-14-28-20(24)16-6-8-17(9-7-16)31-32(27,22(2)13-5-4-12-21)29-15-18-10-11-19(30-18)23(25)26/h3,6-11H,1,4-5,12-15H2,2H3. The first-order valence-electron chi connectivity index (χ1n) is 9.62. The van der Waals surface area contributed by atoms with Crippen LogP contribution < -0.4 is 4.52 Å². The Labute approximate surface area is 190 Å². The van der Waals surface area contributed by atoms with Gasteiger partial charge in [0.1, 0.15) is 29.6 Å². The number of hydrogen-bond donors (Lipinski definition) is 0. The third-order valence-corrected chi connectivity index (χ3v) is 6.32. The Bertz CT molecular complexity index is 963. The molecule has 0 fully saturated rings. The van der Waals surface area contributed by atoms with Gasteiger partial charge in [0, 0.05) is 12.4 Å². The predicted molar refractivity (Wildman–Crippen MR) is 118 cm³/mol. The van der Waals surface area contributed by atoms with Gasteiger partial charge in [0.2, 0.25) is 0 Å². The van der Waals surface area contributed by atoms with Crippen molar-refractivity contribution in [3.8, 4) is 5.75 Å². The highest BCUT2D eigenvalue weighted by Gasteiger charge is 2.33. The number of nitrogens with zero attached hydrogens (tertiary/aromatic N) is 2. The molecule has 0 amide bonds. The Kier molecular flexibility index (Phi) is 9.93. The van der Waals surface area contributed by atoms with Crippen molar-refractivity contribution >= 4 is 31.2 Å². The number of unbranched alkanes of at least 4 members (excludes halogenated alkanes) is 1. The van der Waals surface area contributed by atoms with Crippen molar-refractivity contribution < 1.29 is 32.5 Å². The molecule has 12 heteroatoms. The molecule has 0 N–H and O–H groups in total. The van der Waals surface area contributed by atoms with Crippen LogP contribution in [0.15, 0.2) is 53.5 Å². The predicted octanol–water partition coefficient (Wildman–Crippen LogP) is 5.19. The third kappa shape index (κ3) is 7.49. The molecule has 1 atom stereocenters. The first-order chi connectivity index (χ1) is 15.3. The Morgan fingerprint density at radius 1 is 1.28 bits per heavy atom. The summed E-state index contributed by atoms with van der Waals surface area (Å²) in [5, 5.41) is 10.8. The summed E-state index contributed by atoms with van der Waals surface area (Å²) in [6.07, 6.45) is 2.81. The van der Waals surface area contributed by atoms with E-state index in [9.17, 15) is 19.5 Å². The third-order valence-electron chi connectivity index (χ3n) is 4.12. The summed E-state index contributed by atoms with van der Waals surface area (Å²) in [7, 11) is -2.31. The fourth-order valence-electron chi connectivity index (χ4n) is 2.44. The van der Waals surface area contributed by atoms with E-state index in [0.29, 0.717) is 25.3 Å². The molecular formula is C20H24ClN2O8P. The molecule has 174 valence electrons. The van der Waals surface area contributed by atoms with E-state index in [1.165, 1.54) is 47.1 Å². The number of hydrogen-bond acceptors (Lipinski definition) is 8. The molecule has 0 saturated carbocycles. The Hall–Kier alpha value is -2.65. The average molecular weight is 487 g/mol. The number of rotatable bonds is 14. The molecule has 0 spiro atoms. The van der Waals surface area contributed by atoms with Crippen molar-refractivity contribution in [1.82, 2.24) is 4.67 Å². The minimum atomic E-state index is -3.88. The number of carbonyl (C=O) groups is 1. The molecule has 1 aromatic heterocycles. The second-order valence-corrected chi connectivity index (χ2v) is 8.96. The summed E-state index contributed by atoms with van der Waals surface area (Å²) in [6, 6.07) is 8.40. The van der Waals surface area contributed by atoms with Gasteiger partial charge in [-0.2, -0.15) is 0 Å². The molecule has 1 unspecified atom stereocenters. The average Bonchev–Trinajstić information content (AvgIpc) is 3.26. The highest BCUT2D eigenvalue weighted by atomic mass is 35.5. The largest absolute Gasteiger partial charge is 0.461 e. The second kappa shape index (κ2) is 12.4. The SMILES string of the molecule is C=CCOC(=O)c1ccc(OP(=O)(OCc2ccc([N+](=O)[O-])o2)N(C)CCCCCl)cc1. The number of nitro groups is 1. The molecular weight excluding hydrogens is 463 g/mol. The number of alkyl halides is 1. The van der Waals surface area contributed by atoms with E-state index in [2.05, 4.69) is 6.58 Å². The van der Waals surface area contributed by atoms with Gasteiger partial charge in [-0.1, -0.05) is 12.7 Å². The molecule has 1 heterocycles.